The molecule has 1 unspecified atom stereocenters. The summed E-state index contributed by atoms with van der Waals surface area (Å²) in [6, 6.07) is 0. The third kappa shape index (κ3) is 6.03. The average Bonchev–Trinajstić information content (AvgIpc) is 2.35. The minimum atomic E-state index is -0.302. The first-order chi connectivity index (χ1) is 8.74. The van der Waals surface area contributed by atoms with Gasteiger partial charge in [0.05, 0.1) is 12.3 Å². The van der Waals surface area contributed by atoms with Crippen LogP contribution in [0.25, 0.3) is 0 Å². The Kier molecular flexibility index (Phi) is 7.46. The highest BCUT2D eigenvalue weighted by molar-refractivity contribution is 5.80. The molecule has 1 atom stereocenters. The summed E-state index contributed by atoms with van der Waals surface area (Å²) in [5.74, 6) is -0.813. The molecule has 1 fully saturated rings. The summed E-state index contributed by atoms with van der Waals surface area (Å²) in [6.45, 7) is 2.57. The quantitative estimate of drug-likeness (QED) is 0.519. The van der Waals surface area contributed by atoms with Crippen molar-refractivity contribution in [3.05, 3.63) is 0 Å². The van der Waals surface area contributed by atoms with E-state index < -0.39 is 0 Å². The second kappa shape index (κ2) is 8.95. The van der Waals surface area contributed by atoms with Gasteiger partial charge in [0, 0.05) is 0 Å². The van der Waals surface area contributed by atoms with Gasteiger partial charge in [0.15, 0.2) is 0 Å². The van der Waals surface area contributed by atoms with E-state index in [1.54, 1.807) is 0 Å². The summed E-state index contributed by atoms with van der Waals surface area (Å²) in [5.41, 5.74) is 0. The Morgan fingerprint density at radius 2 is 1.67 bits per heavy atom. The Hall–Kier alpha value is -1.06. The van der Waals surface area contributed by atoms with Crippen molar-refractivity contribution < 1.29 is 19.1 Å². The largest absolute Gasteiger partial charge is 0.462 e. The van der Waals surface area contributed by atoms with Crippen LogP contribution in [0.2, 0.25) is 0 Å². The van der Waals surface area contributed by atoms with Crippen molar-refractivity contribution in [2.24, 2.45) is 5.92 Å². The molecule has 0 amide bonds. The zero-order chi connectivity index (χ0) is 13.2. The summed E-state index contributed by atoms with van der Waals surface area (Å²) >= 11 is 0. The van der Waals surface area contributed by atoms with Gasteiger partial charge in [-0.25, -0.2) is 0 Å². The summed E-state index contributed by atoms with van der Waals surface area (Å²) in [7, 11) is 0. The van der Waals surface area contributed by atoms with Crippen molar-refractivity contribution in [3.8, 4) is 0 Å². The lowest BCUT2D eigenvalue weighted by molar-refractivity contribution is -0.163. The molecular weight excluding hydrogens is 232 g/mol. The molecular formula is C14H24O4. The SMILES string of the molecule is CCCCCCCCC1CC(=O)OCCOC1=O. The number of carbonyl (C=O) groups excluding carboxylic acids is 2. The zero-order valence-electron chi connectivity index (χ0n) is 11.3. The predicted octanol–water partition coefficient (Wildman–Crippen LogP) is 2.84. The van der Waals surface area contributed by atoms with E-state index in [9.17, 15) is 9.59 Å². The fourth-order valence-electron chi connectivity index (χ4n) is 2.15. The van der Waals surface area contributed by atoms with E-state index in [2.05, 4.69) is 6.92 Å². The number of ether oxygens (including phenoxy) is 2. The lowest BCUT2D eigenvalue weighted by Crippen LogP contribution is -2.27. The lowest BCUT2D eigenvalue weighted by atomic mass is 9.97. The Balaban J connectivity index is 2.20. The molecule has 4 nitrogen and oxygen atoms in total. The molecule has 0 aromatic heterocycles. The topological polar surface area (TPSA) is 52.6 Å². The van der Waals surface area contributed by atoms with Crippen molar-refractivity contribution >= 4 is 11.9 Å². The average molecular weight is 256 g/mol. The first-order valence-electron chi connectivity index (χ1n) is 7.06. The molecule has 0 spiro atoms. The van der Waals surface area contributed by atoms with E-state index >= 15 is 0 Å². The van der Waals surface area contributed by atoms with Crippen molar-refractivity contribution in [2.45, 2.75) is 58.3 Å². The highest BCUT2D eigenvalue weighted by atomic mass is 16.6. The van der Waals surface area contributed by atoms with Gasteiger partial charge in [0.1, 0.15) is 13.2 Å². The fraction of sp³-hybridized carbons (Fsp3) is 0.857. The Morgan fingerprint density at radius 3 is 2.44 bits per heavy atom. The lowest BCUT2D eigenvalue weighted by Gasteiger charge is -2.18. The standard InChI is InChI=1S/C14H24O4/c1-2-3-4-5-6-7-8-12-11-13(15)17-9-10-18-14(12)16/h12H,2-11H2,1H3. The second-order valence-electron chi connectivity index (χ2n) is 4.85. The van der Waals surface area contributed by atoms with Crippen LogP contribution in [0.5, 0.6) is 0 Å². The minimum Gasteiger partial charge on any atom is -0.462 e. The molecule has 1 heterocycles. The van der Waals surface area contributed by atoms with Crippen LogP contribution < -0.4 is 0 Å². The van der Waals surface area contributed by atoms with Crippen LogP contribution in [0.15, 0.2) is 0 Å². The molecule has 0 bridgehead atoms. The summed E-state index contributed by atoms with van der Waals surface area (Å²) in [5, 5.41) is 0. The van der Waals surface area contributed by atoms with E-state index in [1.807, 2.05) is 0 Å². The number of rotatable bonds is 7. The molecule has 0 saturated carbocycles. The van der Waals surface area contributed by atoms with E-state index in [4.69, 9.17) is 9.47 Å². The number of esters is 2. The van der Waals surface area contributed by atoms with E-state index in [0.29, 0.717) is 0 Å². The molecule has 4 heteroatoms. The van der Waals surface area contributed by atoms with Crippen LogP contribution in [0.3, 0.4) is 0 Å². The van der Waals surface area contributed by atoms with Crippen LogP contribution in [0.1, 0.15) is 58.3 Å². The van der Waals surface area contributed by atoms with Crippen LogP contribution >= 0.6 is 0 Å². The molecule has 0 aromatic carbocycles. The van der Waals surface area contributed by atoms with Crippen molar-refractivity contribution in [1.82, 2.24) is 0 Å². The molecule has 0 N–H and O–H groups in total. The Morgan fingerprint density at radius 1 is 1.00 bits per heavy atom. The van der Waals surface area contributed by atoms with Crippen molar-refractivity contribution in [1.29, 1.82) is 0 Å². The van der Waals surface area contributed by atoms with Gasteiger partial charge < -0.3 is 9.47 Å². The number of hydrogen-bond donors (Lipinski definition) is 0. The fourth-order valence-corrected chi connectivity index (χ4v) is 2.15. The molecule has 18 heavy (non-hydrogen) atoms. The van der Waals surface area contributed by atoms with Gasteiger partial charge in [0.2, 0.25) is 0 Å². The third-order valence-electron chi connectivity index (χ3n) is 3.24. The van der Waals surface area contributed by atoms with Gasteiger partial charge in [-0.05, 0) is 6.42 Å². The minimum absolute atomic E-state index is 0.174. The maximum Gasteiger partial charge on any atom is 0.309 e. The summed E-state index contributed by atoms with van der Waals surface area (Å²) in [6.07, 6.45) is 8.00. The highest BCUT2D eigenvalue weighted by Gasteiger charge is 2.25. The monoisotopic (exact) mass is 256 g/mol. The normalized spacial score (nSPS) is 20.8. The van der Waals surface area contributed by atoms with E-state index in [0.717, 1.165) is 19.3 Å². The molecule has 0 aliphatic carbocycles. The van der Waals surface area contributed by atoms with Gasteiger partial charge in [-0.15, -0.1) is 0 Å². The van der Waals surface area contributed by atoms with Crippen LogP contribution in [0.4, 0.5) is 0 Å². The number of cyclic esters (lactones) is 2. The van der Waals surface area contributed by atoms with Crippen molar-refractivity contribution in [3.63, 3.8) is 0 Å². The third-order valence-corrected chi connectivity index (χ3v) is 3.24. The van der Waals surface area contributed by atoms with Gasteiger partial charge in [-0.1, -0.05) is 45.4 Å². The molecule has 1 aliphatic rings. The first kappa shape index (κ1) is 15.0. The van der Waals surface area contributed by atoms with Gasteiger partial charge in [-0.2, -0.15) is 0 Å². The summed E-state index contributed by atoms with van der Waals surface area (Å²) < 4.78 is 9.93. The van der Waals surface area contributed by atoms with Crippen LogP contribution in [-0.4, -0.2) is 25.2 Å². The van der Waals surface area contributed by atoms with Gasteiger partial charge >= 0.3 is 11.9 Å². The number of unbranched alkanes of at least 4 members (excludes halogenated alkanes) is 5. The van der Waals surface area contributed by atoms with Crippen LogP contribution in [0, 0.1) is 5.92 Å². The second-order valence-corrected chi connectivity index (χ2v) is 4.85. The van der Waals surface area contributed by atoms with E-state index in [1.165, 1.54) is 25.7 Å². The van der Waals surface area contributed by atoms with Gasteiger partial charge in [0.25, 0.3) is 0 Å². The predicted molar refractivity (Wildman–Crippen MR) is 68.0 cm³/mol. The number of hydrogen-bond acceptors (Lipinski definition) is 4. The Labute approximate surface area is 109 Å². The highest BCUT2D eigenvalue weighted by Crippen LogP contribution is 2.18. The zero-order valence-corrected chi connectivity index (χ0v) is 11.3. The first-order valence-corrected chi connectivity index (χ1v) is 7.06. The smallest absolute Gasteiger partial charge is 0.309 e. The molecule has 1 aliphatic heterocycles. The molecule has 1 saturated heterocycles. The molecule has 104 valence electrons. The maximum atomic E-state index is 11.6. The summed E-state index contributed by atoms with van der Waals surface area (Å²) in [4.78, 5) is 23.0. The van der Waals surface area contributed by atoms with Gasteiger partial charge in [-0.3, -0.25) is 9.59 Å². The van der Waals surface area contributed by atoms with E-state index in [-0.39, 0.29) is 37.5 Å². The maximum absolute atomic E-state index is 11.6. The molecule has 0 aromatic rings. The van der Waals surface area contributed by atoms with Crippen molar-refractivity contribution in [2.75, 3.05) is 13.2 Å². The number of carbonyl (C=O) groups is 2. The Bertz CT molecular complexity index is 263. The van der Waals surface area contributed by atoms with Crippen LogP contribution in [-0.2, 0) is 19.1 Å². The molecule has 1 rings (SSSR count). The molecule has 0 radical (unpaired) electrons.